The fourth-order valence-electron chi connectivity index (χ4n) is 3.22. The van der Waals surface area contributed by atoms with Gasteiger partial charge in [0.15, 0.2) is 0 Å². The Morgan fingerprint density at radius 1 is 1.15 bits per heavy atom. The van der Waals surface area contributed by atoms with E-state index in [1.54, 1.807) is 13.0 Å². The predicted octanol–water partition coefficient (Wildman–Crippen LogP) is 1.24. The summed E-state index contributed by atoms with van der Waals surface area (Å²) in [5.41, 5.74) is 0. The van der Waals surface area contributed by atoms with Gasteiger partial charge in [-0.3, -0.25) is 14.6 Å². The molecule has 2 aliphatic rings. The molecule has 2 heterocycles. The molecule has 27 heavy (non-hydrogen) atoms. The second-order valence-corrected chi connectivity index (χ2v) is 9.08. The van der Waals surface area contributed by atoms with Crippen molar-refractivity contribution in [2.75, 3.05) is 39.3 Å². The first-order valence-corrected chi connectivity index (χ1v) is 10.7. The number of hydrogen-bond donors (Lipinski definition) is 1. The van der Waals surface area contributed by atoms with Crippen molar-refractivity contribution in [3.63, 3.8) is 0 Å². The van der Waals surface area contributed by atoms with Crippen LogP contribution in [0, 0.1) is 0 Å². The smallest absolute Gasteiger partial charge is 0.324 e. The lowest BCUT2D eigenvalue weighted by Crippen LogP contribution is -2.55. The Morgan fingerprint density at radius 3 is 2.41 bits per heavy atom. The fraction of sp³-hybridized carbons (Fsp3) is 0.500. The van der Waals surface area contributed by atoms with Crippen molar-refractivity contribution in [1.29, 1.82) is 0 Å². The maximum Gasteiger partial charge on any atom is 0.324 e. The highest BCUT2D eigenvalue weighted by Crippen LogP contribution is 2.31. The number of benzene rings is 1. The largest absolute Gasteiger partial charge is 0.336 e. The zero-order valence-electron chi connectivity index (χ0n) is 14.7. The molecule has 8 nitrogen and oxygen atoms in total. The van der Waals surface area contributed by atoms with E-state index in [4.69, 9.17) is 23.2 Å². The molecular weight excluding hydrogens is 415 g/mol. The number of sulfonamides is 1. The van der Waals surface area contributed by atoms with Crippen LogP contribution in [0.15, 0.2) is 23.1 Å². The molecule has 0 bridgehead atoms. The van der Waals surface area contributed by atoms with Crippen LogP contribution < -0.4 is 5.32 Å². The molecule has 0 saturated carbocycles. The minimum absolute atomic E-state index is 0.00480. The van der Waals surface area contributed by atoms with Crippen LogP contribution in [-0.2, 0) is 14.8 Å². The molecule has 148 valence electrons. The number of hydrogen-bond acceptors (Lipinski definition) is 5. The number of amides is 3. The normalized spacial score (nSPS) is 20.6. The van der Waals surface area contributed by atoms with Crippen LogP contribution >= 0.6 is 23.2 Å². The van der Waals surface area contributed by atoms with Crippen LogP contribution in [0.4, 0.5) is 4.79 Å². The molecule has 3 rings (SSSR count). The summed E-state index contributed by atoms with van der Waals surface area (Å²) in [7, 11) is -3.78. The van der Waals surface area contributed by atoms with E-state index in [9.17, 15) is 18.0 Å². The van der Waals surface area contributed by atoms with Crippen molar-refractivity contribution in [3.05, 3.63) is 28.2 Å². The molecule has 2 saturated heterocycles. The topological polar surface area (TPSA) is 90.0 Å². The second kappa shape index (κ2) is 7.92. The number of halogens is 2. The highest BCUT2D eigenvalue weighted by Gasteiger charge is 2.36. The van der Waals surface area contributed by atoms with E-state index >= 15 is 0 Å². The first kappa shape index (κ1) is 20.3. The molecule has 2 aliphatic heterocycles. The highest BCUT2D eigenvalue weighted by molar-refractivity contribution is 7.89. The van der Waals surface area contributed by atoms with Gasteiger partial charge in [0, 0.05) is 39.3 Å². The number of nitrogens with one attached hydrogen (secondary N) is 1. The lowest BCUT2D eigenvalue weighted by atomic mass is 10.2. The van der Waals surface area contributed by atoms with Gasteiger partial charge in [-0.05, 0) is 19.1 Å². The van der Waals surface area contributed by atoms with Crippen LogP contribution in [0.3, 0.4) is 0 Å². The Bertz CT molecular complexity index is 856. The Morgan fingerprint density at radius 2 is 1.81 bits per heavy atom. The number of imide groups is 1. The zero-order chi connectivity index (χ0) is 19.8. The van der Waals surface area contributed by atoms with Crippen molar-refractivity contribution in [3.8, 4) is 0 Å². The van der Waals surface area contributed by atoms with Gasteiger partial charge in [0.1, 0.15) is 4.90 Å². The molecule has 2 fully saturated rings. The van der Waals surface area contributed by atoms with Gasteiger partial charge in [0.25, 0.3) is 0 Å². The van der Waals surface area contributed by atoms with E-state index in [0.29, 0.717) is 26.2 Å². The summed E-state index contributed by atoms with van der Waals surface area (Å²) >= 11 is 12.0. The molecule has 0 radical (unpaired) electrons. The lowest BCUT2D eigenvalue weighted by Gasteiger charge is -2.37. The van der Waals surface area contributed by atoms with Gasteiger partial charge >= 0.3 is 6.03 Å². The second-order valence-electron chi connectivity index (χ2n) is 6.39. The highest BCUT2D eigenvalue weighted by atomic mass is 35.5. The number of carbonyl (C=O) groups is 2. The summed E-state index contributed by atoms with van der Waals surface area (Å²) in [6.07, 6.45) is 0. The molecule has 1 atom stereocenters. The van der Waals surface area contributed by atoms with E-state index in [-0.39, 0.29) is 40.0 Å². The Balaban J connectivity index is 1.67. The average Bonchev–Trinajstić information content (AvgIpc) is 3.08. The summed E-state index contributed by atoms with van der Waals surface area (Å²) in [6, 6.07) is 3.60. The standard InChI is InChI=1S/C16H20Cl2N4O4S/c1-11(15(23)22-6-5-19-16(22)24)20-7-9-21(10-8-20)27(25,26)13-4-2-3-12(17)14(13)18/h2-4,11H,5-10H2,1H3,(H,19,24). The first-order valence-electron chi connectivity index (χ1n) is 8.51. The van der Waals surface area contributed by atoms with Crippen LogP contribution in [0.2, 0.25) is 10.0 Å². The van der Waals surface area contributed by atoms with E-state index < -0.39 is 16.1 Å². The lowest BCUT2D eigenvalue weighted by molar-refractivity contribution is -0.133. The number of rotatable bonds is 4. The Kier molecular flexibility index (Phi) is 5.97. The van der Waals surface area contributed by atoms with Gasteiger partial charge in [0.05, 0.1) is 16.1 Å². The van der Waals surface area contributed by atoms with Crippen molar-refractivity contribution in [1.82, 2.24) is 19.4 Å². The molecular formula is C16H20Cl2N4O4S. The third-order valence-electron chi connectivity index (χ3n) is 4.84. The van der Waals surface area contributed by atoms with Crippen LogP contribution in [0.25, 0.3) is 0 Å². The van der Waals surface area contributed by atoms with Crippen molar-refractivity contribution >= 4 is 45.2 Å². The van der Waals surface area contributed by atoms with Crippen LogP contribution in [-0.4, -0.2) is 79.8 Å². The van der Waals surface area contributed by atoms with Gasteiger partial charge < -0.3 is 5.32 Å². The minimum Gasteiger partial charge on any atom is -0.336 e. The van der Waals surface area contributed by atoms with E-state index in [2.05, 4.69) is 5.32 Å². The molecule has 1 aromatic rings. The molecule has 3 amide bonds. The predicted molar refractivity (Wildman–Crippen MR) is 101 cm³/mol. The van der Waals surface area contributed by atoms with Crippen LogP contribution in [0.5, 0.6) is 0 Å². The van der Waals surface area contributed by atoms with E-state index in [0.717, 1.165) is 0 Å². The maximum absolute atomic E-state index is 12.9. The van der Waals surface area contributed by atoms with Crippen molar-refractivity contribution in [2.24, 2.45) is 0 Å². The number of carbonyl (C=O) groups excluding carboxylic acids is 2. The molecule has 1 aromatic carbocycles. The summed E-state index contributed by atoms with van der Waals surface area (Å²) in [6.45, 7) is 3.71. The van der Waals surface area contributed by atoms with Gasteiger partial charge in [-0.15, -0.1) is 0 Å². The summed E-state index contributed by atoms with van der Waals surface area (Å²) in [5.74, 6) is -0.279. The number of urea groups is 1. The molecule has 11 heteroatoms. The quantitative estimate of drug-likeness (QED) is 0.769. The van der Waals surface area contributed by atoms with Gasteiger partial charge in [0.2, 0.25) is 15.9 Å². The summed E-state index contributed by atoms with van der Waals surface area (Å²) in [5, 5.41) is 2.78. The SMILES string of the molecule is CC(C(=O)N1CCNC1=O)N1CCN(S(=O)(=O)c2cccc(Cl)c2Cl)CC1. The third-order valence-corrected chi connectivity index (χ3v) is 7.71. The Hall–Kier alpha value is -1.39. The van der Waals surface area contributed by atoms with Crippen molar-refractivity contribution in [2.45, 2.75) is 17.9 Å². The first-order chi connectivity index (χ1) is 12.7. The average molecular weight is 435 g/mol. The molecule has 1 unspecified atom stereocenters. The van der Waals surface area contributed by atoms with Gasteiger partial charge in [-0.25, -0.2) is 13.2 Å². The van der Waals surface area contributed by atoms with Crippen LogP contribution in [0.1, 0.15) is 6.92 Å². The summed E-state index contributed by atoms with van der Waals surface area (Å²) < 4.78 is 27.1. The van der Waals surface area contributed by atoms with Gasteiger partial charge in [-0.2, -0.15) is 4.31 Å². The van der Waals surface area contributed by atoms with Crippen molar-refractivity contribution < 1.29 is 18.0 Å². The molecule has 0 aliphatic carbocycles. The molecule has 1 N–H and O–H groups in total. The maximum atomic E-state index is 12.9. The minimum atomic E-state index is -3.78. The zero-order valence-corrected chi connectivity index (χ0v) is 17.0. The van der Waals surface area contributed by atoms with Gasteiger partial charge in [-0.1, -0.05) is 29.3 Å². The fourth-order valence-corrected chi connectivity index (χ4v) is 5.38. The van der Waals surface area contributed by atoms with E-state index in [1.807, 2.05) is 4.90 Å². The number of nitrogens with zero attached hydrogens (tertiary/aromatic N) is 3. The summed E-state index contributed by atoms with van der Waals surface area (Å²) in [4.78, 5) is 27.2. The molecule has 0 spiro atoms. The third kappa shape index (κ3) is 3.93. The molecule has 0 aromatic heterocycles. The monoisotopic (exact) mass is 434 g/mol. The Labute approximate surface area is 168 Å². The number of piperazine rings is 1. The van der Waals surface area contributed by atoms with E-state index in [1.165, 1.54) is 21.3 Å².